The van der Waals surface area contributed by atoms with E-state index in [1.54, 1.807) is 17.9 Å². The molecule has 9 nitrogen and oxygen atoms in total. The minimum Gasteiger partial charge on any atom is -0.368 e. The number of aromatic nitrogens is 5. The van der Waals surface area contributed by atoms with Gasteiger partial charge in [0.05, 0.1) is 24.1 Å². The number of hydrogen-bond donors (Lipinski definition) is 2. The summed E-state index contributed by atoms with van der Waals surface area (Å²) in [5, 5.41) is 13.3. The Morgan fingerprint density at radius 3 is 2.82 bits per heavy atom. The second kappa shape index (κ2) is 10.7. The molecule has 0 bridgehead atoms. The van der Waals surface area contributed by atoms with Crippen LogP contribution in [0.3, 0.4) is 0 Å². The molecule has 2 fully saturated rings. The van der Waals surface area contributed by atoms with Gasteiger partial charge in [-0.25, -0.2) is 23.1 Å². The standard InChI is InChI=1S/C32H31F3N8OS/c1-18-22(19-4-6-21(7-5-19)42-13-20-12-36-15-32(20,35)16-42)11-23(29(33)34)24-14-43(40-26(18)24)28(30(44)39-31-37-8-10-45-31)27-25-3-2-9-41(25)17-38-27/h4-8,10-11,14,17,20,28-29,36H,2-3,9,12-13,15-16H2,1H3,(H,37,39,44)/t20-,28?,32+/m0/s1. The first-order valence-electron chi connectivity index (χ1n) is 15.1. The molecule has 0 spiro atoms. The van der Waals surface area contributed by atoms with Gasteiger partial charge in [-0.2, -0.15) is 5.10 Å². The van der Waals surface area contributed by atoms with Crippen molar-refractivity contribution in [2.45, 2.75) is 44.4 Å². The molecule has 0 saturated carbocycles. The molecule has 5 aromatic rings. The summed E-state index contributed by atoms with van der Waals surface area (Å²) in [4.78, 5) is 24.6. The van der Waals surface area contributed by atoms with Crippen molar-refractivity contribution >= 4 is 39.0 Å². The number of imidazole rings is 1. The molecule has 2 N–H and O–H groups in total. The van der Waals surface area contributed by atoms with Crippen LogP contribution in [0, 0.1) is 12.8 Å². The van der Waals surface area contributed by atoms with Crippen LogP contribution in [0.5, 0.6) is 0 Å². The average Bonchev–Trinajstić information content (AvgIpc) is 3.85. The Hall–Kier alpha value is -4.23. The number of aryl methyl sites for hydroxylation is 2. The maximum Gasteiger partial charge on any atom is 0.264 e. The van der Waals surface area contributed by atoms with Crippen LogP contribution in [0.4, 0.5) is 24.0 Å². The van der Waals surface area contributed by atoms with E-state index in [1.165, 1.54) is 28.3 Å². The smallest absolute Gasteiger partial charge is 0.264 e. The molecular weight excluding hydrogens is 601 g/mol. The quantitative estimate of drug-likeness (QED) is 0.246. The highest BCUT2D eigenvalue weighted by molar-refractivity contribution is 7.13. The fourth-order valence-corrected chi connectivity index (χ4v) is 7.75. The van der Waals surface area contributed by atoms with Gasteiger partial charge in [0, 0.05) is 72.2 Å². The van der Waals surface area contributed by atoms with Gasteiger partial charge in [-0.15, -0.1) is 11.3 Å². The Kier molecular flexibility index (Phi) is 6.71. The van der Waals surface area contributed by atoms with Gasteiger partial charge in [0.2, 0.25) is 0 Å². The van der Waals surface area contributed by atoms with Crippen molar-refractivity contribution in [1.29, 1.82) is 0 Å². The number of benzene rings is 2. The minimum absolute atomic E-state index is 0.0405. The van der Waals surface area contributed by atoms with E-state index in [2.05, 4.69) is 25.5 Å². The number of thiazole rings is 1. The highest BCUT2D eigenvalue weighted by atomic mass is 32.1. The lowest BCUT2D eigenvalue weighted by atomic mass is 9.95. The Bertz CT molecular complexity index is 1900. The molecule has 3 atom stereocenters. The van der Waals surface area contributed by atoms with Crippen LogP contribution in [0.15, 0.2) is 54.4 Å². The first-order valence-corrected chi connectivity index (χ1v) is 16.0. The molecular formula is C32H31F3N8OS. The molecule has 3 aromatic heterocycles. The summed E-state index contributed by atoms with van der Waals surface area (Å²) in [6.07, 6.45) is 3.80. The summed E-state index contributed by atoms with van der Waals surface area (Å²) in [7, 11) is 0. The van der Waals surface area contributed by atoms with Gasteiger partial charge in [-0.1, -0.05) is 12.1 Å². The first-order chi connectivity index (χ1) is 21.8. The number of hydrogen-bond acceptors (Lipinski definition) is 7. The normalized spacial score (nSPS) is 21.5. The molecule has 13 heteroatoms. The number of alkyl halides is 3. The van der Waals surface area contributed by atoms with E-state index in [9.17, 15) is 13.6 Å². The fourth-order valence-electron chi connectivity index (χ4n) is 7.21. The van der Waals surface area contributed by atoms with Crippen molar-refractivity contribution in [1.82, 2.24) is 29.6 Å². The molecule has 0 radical (unpaired) electrons. The monoisotopic (exact) mass is 632 g/mol. The zero-order valence-electron chi connectivity index (χ0n) is 24.5. The molecule has 6 heterocycles. The Labute approximate surface area is 261 Å². The Balaban J connectivity index is 1.18. The third-order valence-corrected chi connectivity index (χ3v) is 10.2. The van der Waals surface area contributed by atoms with Crippen molar-refractivity contribution in [3.05, 3.63) is 76.9 Å². The third kappa shape index (κ3) is 4.71. The maximum atomic E-state index is 15.2. The van der Waals surface area contributed by atoms with E-state index >= 15 is 4.39 Å². The van der Waals surface area contributed by atoms with Crippen molar-refractivity contribution in [2.75, 3.05) is 36.4 Å². The molecule has 8 rings (SSSR count). The number of carbonyl (C=O) groups is 1. The Morgan fingerprint density at radius 2 is 2.07 bits per heavy atom. The molecule has 1 amide bonds. The zero-order valence-corrected chi connectivity index (χ0v) is 25.3. The van der Waals surface area contributed by atoms with Crippen molar-refractivity contribution in [3.63, 3.8) is 0 Å². The fraction of sp³-hybridized carbons (Fsp3) is 0.375. The van der Waals surface area contributed by atoms with Crippen LogP contribution in [-0.2, 0) is 17.8 Å². The number of fused-ring (bicyclic) bond motifs is 3. The van der Waals surface area contributed by atoms with E-state index in [-0.39, 0.29) is 16.9 Å². The van der Waals surface area contributed by atoms with Crippen LogP contribution in [-0.4, -0.2) is 62.1 Å². The maximum absolute atomic E-state index is 15.2. The second-order valence-electron chi connectivity index (χ2n) is 12.2. The van der Waals surface area contributed by atoms with E-state index in [4.69, 9.17) is 5.10 Å². The number of anilines is 2. The molecule has 232 valence electrons. The van der Waals surface area contributed by atoms with Crippen molar-refractivity contribution in [2.24, 2.45) is 5.92 Å². The number of nitrogens with zero attached hydrogens (tertiary/aromatic N) is 6. The van der Waals surface area contributed by atoms with Crippen LogP contribution >= 0.6 is 11.3 Å². The zero-order chi connectivity index (χ0) is 30.9. The van der Waals surface area contributed by atoms with Crippen LogP contribution in [0.25, 0.3) is 22.0 Å². The van der Waals surface area contributed by atoms with Crippen LogP contribution < -0.4 is 15.5 Å². The third-order valence-electron chi connectivity index (χ3n) is 9.54. The summed E-state index contributed by atoms with van der Waals surface area (Å²) in [5.41, 5.74) is 3.53. The van der Waals surface area contributed by atoms with Gasteiger partial charge < -0.3 is 14.8 Å². The van der Waals surface area contributed by atoms with E-state index in [0.717, 1.165) is 41.9 Å². The molecule has 2 saturated heterocycles. The first kappa shape index (κ1) is 28.3. The number of nitrogens with one attached hydrogen (secondary N) is 2. The van der Waals surface area contributed by atoms with Gasteiger partial charge in [0.1, 0.15) is 5.67 Å². The molecule has 3 aliphatic rings. The van der Waals surface area contributed by atoms with Gasteiger partial charge in [0.25, 0.3) is 12.3 Å². The molecule has 2 aromatic carbocycles. The summed E-state index contributed by atoms with van der Waals surface area (Å²) in [5.74, 6) is -0.434. The highest BCUT2D eigenvalue weighted by Crippen LogP contribution is 2.40. The predicted molar refractivity (Wildman–Crippen MR) is 167 cm³/mol. The number of amides is 1. The summed E-state index contributed by atoms with van der Waals surface area (Å²) in [6, 6.07) is 8.19. The molecule has 1 unspecified atom stereocenters. The highest BCUT2D eigenvalue weighted by Gasteiger charge is 2.50. The molecule has 45 heavy (non-hydrogen) atoms. The predicted octanol–water partition coefficient (Wildman–Crippen LogP) is 5.52. The Morgan fingerprint density at radius 1 is 1.22 bits per heavy atom. The average molecular weight is 633 g/mol. The van der Waals surface area contributed by atoms with E-state index in [0.29, 0.717) is 48.1 Å². The largest absolute Gasteiger partial charge is 0.368 e. The number of halogens is 3. The van der Waals surface area contributed by atoms with Crippen molar-refractivity contribution in [3.8, 4) is 11.1 Å². The lowest BCUT2D eigenvalue weighted by Crippen LogP contribution is -2.34. The topological polar surface area (TPSA) is 92.9 Å². The lowest BCUT2D eigenvalue weighted by molar-refractivity contribution is -0.118. The number of rotatable bonds is 7. The van der Waals surface area contributed by atoms with Gasteiger partial charge in [-0.3, -0.25) is 14.8 Å². The van der Waals surface area contributed by atoms with Crippen LogP contribution in [0.2, 0.25) is 0 Å². The molecule has 3 aliphatic heterocycles. The van der Waals surface area contributed by atoms with E-state index < -0.39 is 24.0 Å². The van der Waals surface area contributed by atoms with Crippen LogP contribution in [0.1, 0.15) is 41.4 Å². The van der Waals surface area contributed by atoms with E-state index in [1.807, 2.05) is 35.8 Å². The SMILES string of the molecule is Cc1c(-c2ccc(N3C[C@@H]4CNC[C@@]4(F)C3)cc2)cc(C(F)F)c2cn(C(C(=O)Nc3nccs3)c3ncn4c3CCC4)nc12. The summed E-state index contributed by atoms with van der Waals surface area (Å²) in [6.45, 7) is 4.68. The molecule has 0 aliphatic carbocycles. The summed E-state index contributed by atoms with van der Waals surface area (Å²) < 4.78 is 48.0. The minimum atomic E-state index is -2.76. The van der Waals surface area contributed by atoms with Gasteiger partial charge in [-0.05, 0) is 54.7 Å². The second-order valence-corrected chi connectivity index (χ2v) is 13.1. The lowest BCUT2D eigenvalue weighted by Gasteiger charge is -2.21. The van der Waals surface area contributed by atoms with Crippen molar-refractivity contribution < 1.29 is 18.0 Å². The number of carbonyl (C=O) groups excluding carboxylic acids is 1. The van der Waals surface area contributed by atoms with Gasteiger partial charge in [0.15, 0.2) is 11.2 Å². The van der Waals surface area contributed by atoms with Gasteiger partial charge >= 0.3 is 0 Å². The summed E-state index contributed by atoms with van der Waals surface area (Å²) >= 11 is 1.29.